The molecule has 5 atom stereocenters. The van der Waals surface area contributed by atoms with E-state index < -0.39 is 37.2 Å². The van der Waals surface area contributed by atoms with Crippen LogP contribution in [0.2, 0.25) is 0 Å². The minimum atomic E-state index is -1.55. The molecule has 3 N–H and O–H groups in total. The zero-order chi connectivity index (χ0) is 23.3. The highest BCUT2D eigenvalue weighted by Crippen LogP contribution is 2.41. The van der Waals surface area contributed by atoms with Gasteiger partial charge in [-0.3, -0.25) is 0 Å². The zero-order valence-corrected chi connectivity index (χ0v) is 18.5. The summed E-state index contributed by atoms with van der Waals surface area (Å²) in [4.78, 5) is 0. The molecule has 0 amide bonds. The van der Waals surface area contributed by atoms with Crippen LogP contribution in [-0.4, -0.2) is 66.7 Å². The van der Waals surface area contributed by atoms with E-state index in [4.69, 9.17) is 18.9 Å². The molecular formula is C24H31FO7. The molecule has 2 aromatic carbocycles. The predicted octanol–water partition coefficient (Wildman–Crippen LogP) is 2.58. The van der Waals surface area contributed by atoms with Crippen LogP contribution in [-0.2, 0) is 11.2 Å². The van der Waals surface area contributed by atoms with Gasteiger partial charge < -0.3 is 34.3 Å². The number of hydrogen-bond acceptors (Lipinski definition) is 7. The van der Waals surface area contributed by atoms with Crippen molar-refractivity contribution < 1.29 is 38.7 Å². The summed E-state index contributed by atoms with van der Waals surface area (Å²) >= 11 is 0. The number of benzene rings is 2. The average molecular weight is 451 g/mol. The predicted molar refractivity (Wildman–Crippen MR) is 116 cm³/mol. The van der Waals surface area contributed by atoms with Crippen LogP contribution < -0.4 is 14.2 Å². The maximum absolute atomic E-state index is 13.4. The van der Waals surface area contributed by atoms with E-state index in [0.29, 0.717) is 36.7 Å². The van der Waals surface area contributed by atoms with Gasteiger partial charge in [-0.05, 0) is 43.2 Å². The molecule has 0 bridgehead atoms. The van der Waals surface area contributed by atoms with E-state index in [1.807, 2.05) is 38.1 Å². The quantitative estimate of drug-likeness (QED) is 0.540. The minimum Gasteiger partial charge on any atom is -0.496 e. The van der Waals surface area contributed by atoms with Gasteiger partial charge >= 0.3 is 0 Å². The minimum absolute atomic E-state index is 0.342. The Balaban J connectivity index is 1.99. The van der Waals surface area contributed by atoms with E-state index in [0.717, 1.165) is 16.9 Å². The highest BCUT2D eigenvalue weighted by molar-refractivity contribution is 5.50. The number of hydrogen-bond donors (Lipinski definition) is 3. The van der Waals surface area contributed by atoms with Crippen LogP contribution in [0.3, 0.4) is 0 Å². The van der Waals surface area contributed by atoms with Crippen LogP contribution in [0.25, 0.3) is 0 Å². The third kappa shape index (κ3) is 5.15. The normalized spacial score (nSPS) is 25.4. The molecule has 7 nitrogen and oxygen atoms in total. The van der Waals surface area contributed by atoms with Crippen LogP contribution in [0.15, 0.2) is 36.4 Å². The first kappa shape index (κ1) is 24.3. The van der Waals surface area contributed by atoms with E-state index in [1.54, 1.807) is 19.2 Å². The lowest BCUT2D eigenvalue weighted by molar-refractivity contribution is -0.227. The smallest absolute Gasteiger partial charge is 0.128 e. The van der Waals surface area contributed by atoms with Crippen LogP contribution in [0.4, 0.5) is 4.39 Å². The molecule has 1 aliphatic heterocycles. The second kappa shape index (κ2) is 11.0. The standard InChI is InChI=1S/C24H31FO7/c1-4-30-16-8-6-14(7-9-16)10-15-11-17(19(31-5-2)12-18(15)29-3)24-23(28)22(27)21(26)20(13-25)32-24/h6-9,11-12,20-24,26-28H,4-5,10,13H2,1-3H3/t20-,21+,22+,23?,24+/m1/s1. The molecule has 8 heteroatoms. The Morgan fingerprint density at radius 1 is 0.906 bits per heavy atom. The summed E-state index contributed by atoms with van der Waals surface area (Å²) < 4.78 is 35.8. The summed E-state index contributed by atoms with van der Waals surface area (Å²) in [5.74, 6) is 1.75. The summed E-state index contributed by atoms with van der Waals surface area (Å²) in [5.41, 5.74) is 2.25. The second-order valence-electron chi connectivity index (χ2n) is 7.61. The first-order valence-electron chi connectivity index (χ1n) is 10.7. The van der Waals surface area contributed by atoms with Crippen molar-refractivity contribution in [3.05, 3.63) is 53.1 Å². The number of rotatable bonds is 9. The Hall–Kier alpha value is -2.39. The molecule has 1 unspecified atom stereocenters. The van der Waals surface area contributed by atoms with Crippen molar-refractivity contribution in [3.8, 4) is 17.2 Å². The Bertz CT molecular complexity index is 871. The summed E-state index contributed by atoms with van der Waals surface area (Å²) in [5, 5.41) is 30.8. The molecule has 0 saturated carbocycles. The maximum atomic E-state index is 13.4. The maximum Gasteiger partial charge on any atom is 0.128 e. The third-order valence-corrected chi connectivity index (χ3v) is 5.51. The number of aliphatic hydroxyl groups excluding tert-OH is 3. The van der Waals surface area contributed by atoms with Gasteiger partial charge in [0.1, 0.15) is 54.4 Å². The fraction of sp³-hybridized carbons (Fsp3) is 0.500. The first-order chi connectivity index (χ1) is 15.4. The monoisotopic (exact) mass is 450 g/mol. The van der Waals surface area contributed by atoms with Crippen LogP contribution >= 0.6 is 0 Å². The lowest BCUT2D eigenvalue weighted by atomic mass is 9.89. The number of halogens is 1. The van der Waals surface area contributed by atoms with Gasteiger partial charge in [0.2, 0.25) is 0 Å². The van der Waals surface area contributed by atoms with Gasteiger partial charge in [0, 0.05) is 18.1 Å². The molecular weight excluding hydrogens is 419 g/mol. The van der Waals surface area contributed by atoms with Crippen molar-refractivity contribution in [2.24, 2.45) is 0 Å². The van der Waals surface area contributed by atoms with Gasteiger partial charge in [0.15, 0.2) is 0 Å². The fourth-order valence-corrected chi connectivity index (χ4v) is 3.88. The lowest BCUT2D eigenvalue weighted by Gasteiger charge is -2.40. The van der Waals surface area contributed by atoms with Crippen LogP contribution in [0.1, 0.15) is 36.6 Å². The topological polar surface area (TPSA) is 97.6 Å². The molecule has 0 aromatic heterocycles. The third-order valence-electron chi connectivity index (χ3n) is 5.51. The molecule has 1 fully saturated rings. The van der Waals surface area contributed by atoms with Crippen molar-refractivity contribution >= 4 is 0 Å². The second-order valence-corrected chi connectivity index (χ2v) is 7.61. The number of aliphatic hydroxyl groups is 3. The van der Waals surface area contributed by atoms with E-state index in [2.05, 4.69) is 0 Å². The highest BCUT2D eigenvalue weighted by Gasteiger charge is 2.45. The summed E-state index contributed by atoms with van der Waals surface area (Å²) in [6.07, 6.45) is -6.37. The Labute approximate surface area is 187 Å². The SMILES string of the molecule is CCOc1ccc(Cc2cc([C@@H]3O[C@H](CF)[C@H](O)[C@H](O)C3O)c(OCC)cc2OC)cc1. The molecule has 2 aromatic rings. The summed E-state index contributed by atoms with van der Waals surface area (Å²) in [6, 6.07) is 11.1. The van der Waals surface area contributed by atoms with Gasteiger partial charge in [0.25, 0.3) is 0 Å². The van der Waals surface area contributed by atoms with Crippen LogP contribution in [0, 0.1) is 0 Å². The molecule has 176 valence electrons. The molecule has 0 aliphatic carbocycles. The average Bonchev–Trinajstić information content (AvgIpc) is 2.80. The number of alkyl halides is 1. The molecule has 1 aliphatic rings. The molecule has 0 radical (unpaired) electrons. The van der Waals surface area contributed by atoms with Crippen molar-refractivity contribution in [2.45, 2.75) is 50.8 Å². The van der Waals surface area contributed by atoms with Crippen LogP contribution in [0.5, 0.6) is 17.2 Å². The van der Waals surface area contributed by atoms with Gasteiger partial charge in [-0.1, -0.05) is 12.1 Å². The van der Waals surface area contributed by atoms with E-state index in [9.17, 15) is 19.7 Å². The van der Waals surface area contributed by atoms with Gasteiger partial charge in [-0.2, -0.15) is 0 Å². The van der Waals surface area contributed by atoms with Gasteiger partial charge in [-0.15, -0.1) is 0 Å². The summed E-state index contributed by atoms with van der Waals surface area (Å²) in [7, 11) is 1.55. The summed E-state index contributed by atoms with van der Waals surface area (Å²) in [6.45, 7) is 3.66. The Kier molecular flexibility index (Phi) is 8.31. The molecule has 32 heavy (non-hydrogen) atoms. The molecule has 1 saturated heterocycles. The molecule has 3 rings (SSSR count). The van der Waals surface area contributed by atoms with Gasteiger partial charge in [0.05, 0.1) is 20.3 Å². The Morgan fingerprint density at radius 3 is 2.19 bits per heavy atom. The number of ether oxygens (including phenoxy) is 4. The lowest BCUT2D eigenvalue weighted by Crippen LogP contribution is -2.54. The largest absolute Gasteiger partial charge is 0.496 e. The van der Waals surface area contributed by atoms with Crippen molar-refractivity contribution in [1.29, 1.82) is 0 Å². The van der Waals surface area contributed by atoms with Crippen molar-refractivity contribution in [1.82, 2.24) is 0 Å². The van der Waals surface area contributed by atoms with Crippen molar-refractivity contribution in [2.75, 3.05) is 27.0 Å². The van der Waals surface area contributed by atoms with Gasteiger partial charge in [-0.25, -0.2) is 4.39 Å². The van der Waals surface area contributed by atoms with Crippen molar-refractivity contribution in [3.63, 3.8) is 0 Å². The highest BCUT2D eigenvalue weighted by atomic mass is 19.1. The molecule has 0 spiro atoms. The van der Waals surface area contributed by atoms with E-state index in [1.165, 1.54) is 0 Å². The zero-order valence-electron chi connectivity index (χ0n) is 18.5. The first-order valence-corrected chi connectivity index (χ1v) is 10.7. The van der Waals surface area contributed by atoms with E-state index >= 15 is 0 Å². The van der Waals surface area contributed by atoms with E-state index in [-0.39, 0.29) is 0 Å². The number of methoxy groups -OCH3 is 1. The Morgan fingerprint density at radius 2 is 1.59 bits per heavy atom. The molecule has 1 heterocycles. The fourth-order valence-electron chi connectivity index (χ4n) is 3.88.